The first kappa shape index (κ1) is 23.0. The smallest absolute Gasteiger partial charge is 0.415 e. The van der Waals surface area contributed by atoms with Crippen LogP contribution in [0.5, 0.6) is 11.5 Å². The molecule has 4 rings (SSSR count). The van der Waals surface area contributed by atoms with Gasteiger partial charge in [0.1, 0.15) is 30.0 Å². The standard InChI is InChI=1S/C23H19ClFNO6S/c1-33(28,29)30-14-21-22(15-3-2-4-17(25)13-15)26(23(27)32-21)18-7-11-20(12-8-18)31-19-9-5-16(24)6-10-19/h2-13,21-22H,14H2,1H3/t21-,22-/m0/s1. The van der Waals surface area contributed by atoms with Gasteiger partial charge >= 0.3 is 6.09 Å². The van der Waals surface area contributed by atoms with Crippen LogP contribution in [0.3, 0.4) is 0 Å². The van der Waals surface area contributed by atoms with Gasteiger partial charge in [-0.05, 0) is 66.2 Å². The van der Waals surface area contributed by atoms with E-state index in [2.05, 4.69) is 0 Å². The normalized spacial score (nSPS) is 18.3. The van der Waals surface area contributed by atoms with Gasteiger partial charge in [0.15, 0.2) is 6.10 Å². The third-order valence-corrected chi connectivity index (χ3v) is 5.70. The van der Waals surface area contributed by atoms with Crippen LogP contribution >= 0.6 is 11.6 Å². The summed E-state index contributed by atoms with van der Waals surface area (Å²) < 4.78 is 52.9. The van der Waals surface area contributed by atoms with E-state index in [0.717, 1.165) is 6.26 Å². The second-order valence-corrected chi connectivity index (χ2v) is 9.41. The minimum atomic E-state index is -3.77. The molecule has 0 spiro atoms. The van der Waals surface area contributed by atoms with E-state index in [-0.39, 0.29) is 0 Å². The molecule has 1 fully saturated rings. The second kappa shape index (κ2) is 9.38. The fourth-order valence-corrected chi connectivity index (χ4v) is 3.99. The lowest BCUT2D eigenvalue weighted by Gasteiger charge is -2.25. The van der Waals surface area contributed by atoms with Crippen molar-refractivity contribution in [3.8, 4) is 11.5 Å². The molecule has 1 aliphatic rings. The molecule has 0 N–H and O–H groups in total. The van der Waals surface area contributed by atoms with Crippen molar-refractivity contribution < 1.29 is 31.3 Å². The van der Waals surface area contributed by atoms with Gasteiger partial charge in [0.2, 0.25) is 0 Å². The predicted octanol–water partition coefficient (Wildman–Crippen LogP) is 5.31. The third kappa shape index (κ3) is 5.62. The Labute approximate surface area is 195 Å². The molecule has 172 valence electrons. The molecule has 1 heterocycles. The molecule has 1 aliphatic heterocycles. The summed E-state index contributed by atoms with van der Waals surface area (Å²) in [5, 5.41) is 0.586. The molecular formula is C23H19ClFNO6S. The van der Waals surface area contributed by atoms with E-state index in [1.807, 2.05) is 0 Å². The summed E-state index contributed by atoms with van der Waals surface area (Å²) in [7, 11) is -3.77. The largest absolute Gasteiger partial charge is 0.457 e. The maximum absolute atomic E-state index is 13.9. The number of ether oxygens (including phenoxy) is 2. The maximum Gasteiger partial charge on any atom is 0.415 e. The number of nitrogens with zero attached hydrogens (tertiary/aromatic N) is 1. The highest BCUT2D eigenvalue weighted by atomic mass is 35.5. The van der Waals surface area contributed by atoms with Gasteiger partial charge in [0.25, 0.3) is 10.1 Å². The number of cyclic esters (lactones) is 1. The van der Waals surface area contributed by atoms with E-state index in [1.54, 1.807) is 54.6 Å². The van der Waals surface area contributed by atoms with Crippen LogP contribution in [0.4, 0.5) is 14.9 Å². The molecule has 1 saturated heterocycles. The number of halogens is 2. The van der Waals surface area contributed by atoms with Crippen molar-refractivity contribution in [3.63, 3.8) is 0 Å². The van der Waals surface area contributed by atoms with Crippen molar-refractivity contribution in [1.29, 1.82) is 0 Å². The summed E-state index contributed by atoms with van der Waals surface area (Å²) in [6.07, 6.45) is -0.783. The molecule has 0 radical (unpaired) electrons. The zero-order chi connectivity index (χ0) is 23.6. The topological polar surface area (TPSA) is 82.1 Å². The summed E-state index contributed by atoms with van der Waals surface area (Å²) >= 11 is 5.88. The molecule has 1 amide bonds. The number of carbonyl (C=O) groups is 1. The van der Waals surface area contributed by atoms with Crippen molar-refractivity contribution in [3.05, 3.63) is 89.2 Å². The zero-order valence-electron chi connectivity index (χ0n) is 17.4. The predicted molar refractivity (Wildman–Crippen MR) is 121 cm³/mol. The molecule has 7 nitrogen and oxygen atoms in total. The number of rotatable bonds is 7. The van der Waals surface area contributed by atoms with Crippen LogP contribution in [0.2, 0.25) is 5.02 Å². The van der Waals surface area contributed by atoms with Crippen LogP contribution in [-0.2, 0) is 19.0 Å². The van der Waals surface area contributed by atoms with Gasteiger partial charge < -0.3 is 9.47 Å². The molecule has 0 saturated carbocycles. The van der Waals surface area contributed by atoms with Crippen LogP contribution in [-0.4, -0.2) is 33.5 Å². The van der Waals surface area contributed by atoms with Gasteiger partial charge in [-0.2, -0.15) is 8.42 Å². The van der Waals surface area contributed by atoms with Gasteiger partial charge in [0.05, 0.1) is 6.26 Å². The minimum absolute atomic E-state index is 0.403. The summed E-state index contributed by atoms with van der Waals surface area (Å²) in [5.41, 5.74) is 0.893. The Hall–Kier alpha value is -3.14. The Morgan fingerprint density at radius 2 is 1.67 bits per heavy atom. The Morgan fingerprint density at radius 3 is 2.27 bits per heavy atom. The molecule has 0 unspecified atom stereocenters. The number of hydrogen-bond acceptors (Lipinski definition) is 6. The Kier molecular flexibility index (Phi) is 6.55. The van der Waals surface area contributed by atoms with Crippen LogP contribution in [0.1, 0.15) is 11.6 Å². The fourth-order valence-electron chi connectivity index (χ4n) is 3.48. The first-order valence-electron chi connectivity index (χ1n) is 9.83. The molecule has 0 bridgehead atoms. The van der Waals surface area contributed by atoms with Gasteiger partial charge in [0, 0.05) is 10.7 Å². The lowest BCUT2D eigenvalue weighted by atomic mass is 10.0. The van der Waals surface area contributed by atoms with E-state index in [1.165, 1.54) is 23.1 Å². The highest BCUT2D eigenvalue weighted by Crippen LogP contribution is 2.39. The van der Waals surface area contributed by atoms with Crippen molar-refractivity contribution in [2.24, 2.45) is 0 Å². The maximum atomic E-state index is 13.9. The molecule has 0 aromatic heterocycles. The van der Waals surface area contributed by atoms with Crippen molar-refractivity contribution in [1.82, 2.24) is 0 Å². The van der Waals surface area contributed by atoms with Crippen molar-refractivity contribution in [2.75, 3.05) is 17.8 Å². The number of hydrogen-bond donors (Lipinski definition) is 0. The Morgan fingerprint density at radius 1 is 1.03 bits per heavy atom. The lowest BCUT2D eigenvalue weighted by molar-refractivity contribution is 0.0943. The first-order valence-corrected chi connectivity index (χ1v) is 12.0. The summed E-state index contributed by atoms with van der Waals surface area (Å²) in [4.78, 5) is 14.1. The SMILES string of the molecule is CS(=O)(=O)OC[C@@H]1OC(=O)N(c2ccc(Oc3ccc(Cl)cc3)cc2)[C@H]1c1cccc(F)c1. The third-order valence-electron chi connectivity index (χ3n) is 4.88. The van der Waals surface area contributed by atoms with E-state index < -0.39 is 40.8 Å². The van der Waals surface area contributed by atoms with Crippen LogP contribution in [0.15, 0.2) is 72.8 Å². The quantitative estimate of drug-likeness (QED) is 0.416. The number of amides is 1. The van der Waals surface area contributed by atoms with Gasteiger partial charge in [-0.15, -0.1) is 0 Å². The number of benzene rings is 3. The Balaban J connectivity index is 1.62. The fraction of sp³-hybridized carbons (Fsp3) is 0.174. The first-order chi connectivity index (χ1) is 15.7. The molecule has 3 aromatic rings. The zero-order valence-corrected chi connectivity index (χ0v) is 18.9. The van der Waals surface area contributed by atoms with Crippen molar-refractivity contribution in [2.45, 2.75) is 12.1 Å². The highest BCUT2D eigenvalue weighted by molar-refractivity contribution is 7.85. The summed E-state index contributed by atoms with van der Waals surface area (Å²) in [6.45, 7) is -0.403. The molecular weight excluding hydrogens is 473 g/mol. The van der Waals surface area contributed by atoms with Crippen LogP contribution < -0.4 is 9.64 Å². The van der Waals surface area contributed by atoms with Crippen molar-refractivity contribution >= 4 is 33.5 Å². The average molecular weight is 492 g/mol. The Bertz CT molecular complexity index is 1250. The number of anilines is 1. The van der Waals surface area contributed by atoms with E-state index in [9.17, 15) is 17.6 Å². The average Bonchev–Trinajstić information content (AvgIpc) is 3.10. The monoisotopic (exact) mass is 491 g/mol. The van der Waals surface area contributed by atoms with Crippen LogP contribution in [0.25, 0.3) is 0 Å². The van der Waals surface area contributed by atoms with Gasteiger partial charge in [-0.25, -0.2) is 9.18 Å². The van der Waals surface area contributed by atoms with E-state index >= 15 is 0 Å². The second-order valence-electron chi connectivity index (χ2n) is 7.33. The molecule has 2 atom stereocenters. The van der Waals surface area contributed by atoms with Gasteiger partial charge in [-0.3, -0.25) is 9.08 Å². The molecule has 10 heteroatoms. The highest BCUT2D eigenvalue weighted by Gasteiger charge is 2.44. The number of carbonyl (C=O) groups excluding carboxylic acids is 1. The lowest BCUT2D eigenvalue weighted by Crippen LogP contribution is -2.31. The molecule has 33 heavy (non-hydrogen) atoms. The van der Waals surface area contributed by atoms with Crippen LogP contribution in [0, 0.1) is 5.82 Å². The van der Waals surface area contributed by atoms with E-state index in [0.29, 0.717) is 27.8 Å². The molecule has 3 aromatic carbocycles. The van der Waals surface area contributed by atoms with Gasteiger partial charge in [-0.1, -0.05) is 23.7 Å². The molecule has 0 aliphatic carbocycles. The summed E-state index contributed by atoms with van der Waals surface area (Å²) in [6, 6.07) is 18.4. The minimum Gasteiger partial charge on any atom is -0.457 e. The summed E-state index contributed by atoms with van der Waals surface area (Å²) in [5.74, 6) is 0.609. The van der Waals surface area contributed by atoms with E-state index in [4.69, 9.17) is 25.3 Å².